The topological polar surface area (TPSA) is 51.2 Å². The lowest BCUT2D eigenvalue weighted by atomic mass is 9.86. The van der Waals surface area contributed by atoms with Gasteiger partial charge in [0.05, 0.1) is 5.02 Å². The summed E-state index contributed by atoms with van der Waals surface area (Å²) in [6.07, 6.45) is 6.36. The molecule has 0 aliphatic heterocycles. The van der Waals surface area contributed by atoms with Crippen LogP contribution in [-0.4, -0.2) is 23.5 Å². The zero-order valence-electron chi connectivity index (χ0n) is 13.2. The van der Waals surface area contributed by atoms with E-state index in [9.17, 15) is 4.79 Å². The van der Waals surface area contributed by atoms with E-state index in [-0.39, 0.29) is 18.6 Å². The molecule has 0 spiro atoms. The number of amides is 1. The molecule has 1 N–H and O–H groups in total. The van der Waals surface area contributed by atoms with Gasteiger partial charge in [0.2, 0.25) is 0 Å². The van der Waals surface area contributed by atoms with Gasteiger partial charge in [-0.05, 0) is 43.0 Å². The normalized spacial score (nSPS) is 21.1. The lowest BCUT2D eigenvalue weighted by Crippen LogP contribution is -2.43. The molecule has 3 rings (SSSR count). The van der Waals surface area contributed by atoms with Crippen LogP contribution in [0.4, 0.5) is 0 Å². The number of carbonyl (C=O) groups is 1. The molecule has 1 fully saturated rings. The van der Waals surface area contributed by atoms with Crippen LogP contribution < -0.4 is 10.1 Å². The average molecular weight is 333 g/mol. The molecular weight excluding hydrogens is 312 g/mol. The largest absolute Gasteiger partial charge is 0.481 e. The first kappa shape index (κ1) is 16.1. The first-order valence-corrected chi connectivity index (χ1v) is 8.48. The highest BCUT2D eigenvalue weighted by Crippen LogP contribution is 2.29. The maximum Gasteiger partial charge on any atom is 0.258 e. The number of rotatable bonds is 4. The van der Waals surface area contributed by atoms with Crippen LogP contribution in [0, 0.1) is 5.92 Å². The molecule has 1 aliphatic rings. The predicted octanol–water partition coefficient (Wildman–Crippen LogP) is 3.96. The number of nitrogens with one attached hydrogen (secondary N) is 1. The van der Waals surface area contributed by atoms with Crippen molar-refractivity contribution < 1.29 is 9.53 Å². The Morgan fingerprint density at radius 1 is 1.35 bits per heavy atom. The van der Waals surface area contributed by atoms with E-state index < -0.39 is 0 Å². The van der Waals surface area contributed by atoms with Crippen molar-refractivity contribution in [1.29, 1.82) is 0 Å². The van der Waals surface area contributed by atoms with Gasteiger partial charge in [0.1, 0.15) is 11.3 Å². The Hall–Kier alpha value is -1.81. The van der Waals surface area contributed by atoms with Gasteiger partial charge in [0.25, 0.3) is 5.91 Å². The average Bonchev–Trinajstić information content (AvgIpc) is 2.57. The number of halogens is 1. The molecule has 0 radical (unpaired) electrons. The Labute approximate surface area is 141 Å². The second kappa shape index (κ2) is 7.18. The molecule has 1 aromatic heterocycles. The molecule has 1 saturated carbocycles. The van der Waals surface area contributed by atoms with Crippen LogP contribution >= 0.6 is 11.6 Å². The number of fused-ring (bicyclic) bond motifs is 1. The number of benzene rings is 1. The fraction of sp³-hybridized carbons (Fsp3) is 0.444. The summed E-state index contributed by atoms with van der Waals surface area (Å²) in [7, 11) is 0. The summed E-state index contributed by atoms with van der Waals surface area (Å²) >= 11 is 6.16. The minimum atomic E-state index is -0.0808. The van der Waals surface area contributed by atoms with Gasteiger partial charge in [0, 0.05) is 17.6 Å². The van der Waals surface area contributed by atoms with E-state index in [1.165, 1.54) is 19.3 Å². The Balaban J connectivity index is 1.64. The molecule has 1 heterocycles. The molecule has 23 heavy (non-hydrogen) atoms. The molecule has 1 aliphatic carbocycles. The summed E-state index contributed by atoms with van der Waals surface area (Å²) in [4.78, 5) is 16.5. The van der Waals surface area contributed by atoms with Gasteiger partial charge in [-0.2, -0.15) is 0 Å². The summed E-state index contributed by atoms with van der Waals surface area (Å²) in [5.74, 6) is 1.03. The summed E-state index contributed by atoms with van der Waals surface area (Å²) < 4.78 is 5.68. The van der Waals surface area contributed by atoms with E-state index in [4.69, 9.17) is 16.3 Å². The minimum absolute atomic E-state index is 0.00345. The molecule has 4 nitrogen and oxygen atoms in total. The second-order valence-corrected chi connectivity index (χ2v) is 6.58. The van der Waals surface area contributed by atoms with E-state index in [2.05, 4.69) is 17.2 Å². The molecule has 2 atom stereocenters. The fourth-order valence-corrected chi connectivity index (χ4v) is 3.37. The van der Waals surface area contributed by atoms with Gasteiger partial charge in [-0.25, -0.2) is 0 Å². The monoisotopic (exact) mass is 332 g/mol. The van der Waals surface area contributed by atoms with Gasteiger partial charge in [-0.15, -0.1) is 0 Å². The van der Waals surface area contributed by atoms with Crippen molar-refractivity contribution in [3.63, 3.8) is 0 Å². The molecule has 122 valence electrons. The predicted molar refractivity (Wildman–Crippen MR) is 91.8 cm³/mol. The molecule has 0 bridgehead atoms. The smallest absolute Gasteiger partial charge is 0.258 e. The number of aromatic nitrogens is 1. The lowest BCUT2D eigenvalue weighted by Gasteiger charge is -2.29. The van der Waals surface area contributed by atoms with E-state index in [0.29, 0.717) is 22.2 Å². The minimum Gasteiger partial charge on any atom is -0.481 e. The van der Waals surface area contributed by atoms with Gasteiger partial charge in [-0.1, -0.05) is 31.4 Å². The third kappa shape index (κ3) is 3.75. The lowest BCUT2D eigenvalue weighted by molar-refractivity contribution is -0.124. The maximum absolute atomic E-state index is 12.2. The van der Waals surface area contributed by atoms with Crippen molar-refractivity contribution in [3.8, 4) is 5.75 Å². The van der Waals surface area contributed by atoms with E-state index >= 15 is 0 Å². The SMILES string of the molecule is C[C@H]1CCCC[C@H]1NC(=O)COc1ccc(Cl)c2cccnc12. The van der Waals surface area contributed by atoms with Gasteiger partial charge >= 0.3 is 0 Å². The van der Waals surface area contributed by atoms with Gasteiger partial charge in [0.15, 0.2) is 6.61 Å². The van der Waals surface area contributed by atoms with E-state index in [1.807, 2.05) is 12.1 Å². The first-order chi connectivity index (χ1) is 11.1. The zero-order chi connectivity index (χ0) is 16.2. The van der Waals surface area contributed by atoms with Crippen LogP contribution in [-0.2, 0) is 4.79 Å². The van der Waals surface area contributed by atoms with Crippen LogP contribution in [0.15, 0.2) is 30.5 Å². The molecule has 0 unspecified atom stereocenters. The van der Waals surface area contributed by atoms with Crippen molar-refractivity contribution in [1.82, 2.24) is 10.3 Å². The Morgan fingerprint density at radius 3 is 3.00 bits per heavy atom. The fourth-order valence-electron chi connectivity index (χ4n) is 3.15. The van der Waals surface area contributed by atoms with Gasteiger partial charge < -0.3 is 10.1 Å². The summed E-state index contributed by atoms with van der Waals surface area (Å²) in [5.41, 5.74) is 0.679. The van der Waals surface area contributed by atoms with E-state index in [0.717, 1.165) is 11.8 Å². The highest BCUT2D eigenvalue weighted by Gasteiger charge is 2.22. The van der Waals surface area contributed by atoms with Crippen molar-refractivity contribution in [2.45, 2.75) is 38.6 Å². The van der Waals surface area contributed by atoms with Crippen LogP contribution in [0.1, 0.15) is 32.6 Å². The molecule has 2 aromatic rings. The van der Waals surface area contributed by atoms with Crippen molar-refractivity contribution in [3.05, 3.63) is 35.5 Å². The molecular formula is C18H21ClN2O2. The summed E-state index contributed by atoms with van der Waals surface area (Å²) in [5, 5.41) is 4.54. The van der Waals surface area contributed by atoms with E-state index in [1.54, 1.807) is 18.3 Å². The number of hydrogen-bond donors (Lipinski definition) is 1. The van der Waals surface area contributed by atoms with Crippen LogP contribution in [0.5, 0.6) is 5.75 Å². The Morgan fingerprint density at radius 2 is 2.17 bits per heavy atom. The van der Waals surface area contributed by atoms with Crippen LogP contribution in [0.2, 0.25) is 5.02 Å². The number of carbonyl (C=O) groups excluding carboxylic acids is 1. The number of ether oxygens (including phenoxy) is 1. The second-order valence-electron chi connectivity index (χ2n) is 6.17. The quantitative estimate of drug-likeness (QED) is 0.922. The highest BCUT2D eigenvalue weighted by atomic mass is 35.5. The zero-order valence-corrected chi connectivity index (χ0v) is 14.0. The van der Waals surface area contributed by atoms with Crippen LogP contribution in [0.25, 0.3) is 10.9 Å². The highest BCUT2D eigenvalue weighted by molar-refractivity contribution is 6.35. The Kier molecular flexibility index (Phi) is 5.01. The molecule has 1 amide bonds. The van der Waals surface area contributed by atoms with Crippen molar-refractivity contribution in [2.75, 3.05) is 6.61 Å². The third-order valence-corrected chi connectivity index (χ3v) is 4.83. The third-order valence-electron chi connectivity index (χ3n) is 4.50. The van der Waals surface area contributed by atoms with Gasteiger partial charge in [-0.3, -0.25) is 9.78 Å². The standard InChI is InChI=1S/C18H21ClN2O2/c1-12-5-2-3-7-15(12)21-17(22)11-23-16-9-8-14(19)13-6-4-10-20-18(13)16/h4,6,8-10,12,15H,2-3,5,7,11H2,1H3,(H,21,22)/t12-,15+/m0/s1. The number of hydrogen-bond acceptors (Lipinski definition) is 3. The summed E-state index contributed by atoms with van der Waals surface area (Å²) in [6, 6.07) is 7.51. The number of pyridine rings is 1. The summed E-state index contributed by atoms with van der Waals surface area (Å²) in [6.45, 7) is 2.19. The maximum atomic E-state index is 12.2. The van der Waals surface area contributed by atoms with Crippen LogP contribution in [0.3, 0.4) is 0 Å². The molecule has 1 aromatic carbocycles. The number of nitrogens with zero attached hydrogens (tertiary/aromatic N) is 1. The molecule has 5 heteroatoms. The molecule has 0 saturated heterocycles. The van der Waals surface area contributed by atoms with Crippen molar-refractivity contribution >= 4 is 28.4 Å². The Bertz CT molecular complexity index is 704. The first-order valence-electron chi connectivity index (χ1n) is 8.10. The van der Waals surface area contributed by atoms with Crippen molar-refractivity contribution in [2.24, 2.45) is 5.92 Å².